The molecule has 11 heteroatoms. The molecule has 2 aromatic heterocycles. The summed E-state index contributed by atoms with van der Waals surface area (Å²) in [5.74, 6) is -0.867. The van der Waals surface area contributed by atoms with Crippen molar-refractivity contribution in [2.75, 3.05) is 6.54 Å². The maximum absolute atomic E-state index is 13.5. The Morgan fingerprint density at radius 2 is 1.82 bits per heavy atom. The molecule has 38 heavy (non-hydrogen) atoms. The minimum atomic E-state index is -4.44. The van der Waals surface area contributed by atoms with E-state index in [1.807, 2.05) is 0 Å². The Hall–Kier alpha value is -3.83. The van der Waals surface area contributed by atoms with Gasteiger partial charge >= 0.3 is 6.18 Å². The molecule has 6 nitrogen and oxygen atoms in total. The number of pyridine rings is 1. The van der Waals surface area contributed by atoms with Crippen molar-refractivity contribution in [3.63, 3.8) is 0 Å². The highest BCUT2D eigenvalue weighted by molar-refractivity contribution is 7.89. The van der Waals surface area contributed by atoms with Crippen LogP contribution in [0.25, 0.3) is 22.2 Å². The summed E-state index contributed by atoms with van der Waals surface area (Å²) >= 11 is 0. The number of aryl methyl sites for hydroxylation is 1. The van der Waals surface area contributed by atoms with Gasteiger partial charge in [0.25, 0.3) is 10.0 Å². The van der Waals surface area contributed by atoms with Gasteiger partial charge in [0.15, 0.2) is 5.78 Å². The van der Waals surface area contributed by atoms with Crippen LogP contribution in [-0.2, 0) is 27.4 Å². The monoisotopic (exact) mass is 544 g/mol. The zero-order valence-electron chi connectivity index (χ0n) is 19.7. The molecule has 4 aromatic rings. The van der Waals surface area contributed by atoms with Gasteiger partial charge in [0.1, 0.15) is 17.4 Å². The van der Waals surface area contributed by atoms with Crippen molar-refractivity contribution in [3.05, 3.63) is 96.0 Å². The van der Waals surface area contributed by atoms with Gasteiger partial charge in [-0.25, -0.2) is 12.8 Å². The number of halogens is 4. The number of furan rings is 1. The van der Waals surface area contributed by atoms with Crippen molar-refractivity contribution in [1.29, 1.82) is 0 Å². The van der Waals surface area contributed by atoms with E-state index in [4.69, 9.17) is 4.42 Å². The van der Waals surface area contributed by atoms with Crippen molar-refractivity contribution in [2.24, 2.45) is 0 Å². The van der Waals surface area contributed by atoms with Crippen LogP contribution in [-0.4, -0.2) is 36.1 Å². The third-order valence-corrected chi connectivity index (χ3v) is 7.96. The first kappa shape index (κ1) is 25.8. The largest absolute Gasteiger partial charge is 0.443 e. The fourth-order valence-corrected chi connectivity index (χ4v) is 5.76. The van der Waals surface area contributed by atoms with E-state index in [9.17, 15) is 30.8 Å². The fraction of sp³-hybridized carbons (Fsp3) is 0.185. The van der Waals surface area contributed by atoms with Crippen molar-refractivity contribution in [3.8, 4) is 11.3 Å². The molecule has 3 heterocycles. The second kappa shape index (κ2) is 9.80. The van der Waals surface area contributed by atoms with Crippen LogP contribution in [0.3, 0.4) is 0 Å². The standard InChI is InChI=1S/C27H20F4N2O4S/c28-21-8-10-25-19(15-21)16-26(37-25)38(35,36)33-13-1-2-23(33)24(34)9-3-17-11-12-32-22(14-17)18-4-6-20(7-5-18)27(29,30)31/h1-2,4-8,10-12,14-16,23H,3,9,13H2/t23-/m0/s1. The molecule has 0 bridgehead atoms. The predicted molar refractivity (Wildman–Crippen MR) is 131 cm³/mol. The van der Waals surface area contributed by atoms with Crippen molar-refractivity contribution in [2.45, 2.75) is 30.2 Å². The van der Waals surface area contributed by atoms with Gasteiger partial charge in [-0.2, -0.15) is 17.5 Å². The first-order valence-corrected chi connectivity index (χ1v) is 13.0. The van der Waals surface area contributed by atoms with E-state index in [1.54, 1.807) is 18.2 Å². The Bertz CT molecular complexity index is 1640. The van der Waals surface area contributed by atoms with Gasteiger partial charge in [0, 0.05) is 36.2 Å². The molecular weight excluding hydrogens is 524 g/mol. The van der Waals surface area contributed by atoms with E-state index < -0.39 is 33.6 Å². The molecule has 0 spiro atoms. The second-order valence-corrected chi connectivity index (χ2v) is 10.6. The summed E-state index contributed by atoms with van der Waals surface area (Å²) in [4.78, 5) is 17.3. The number of carbonyl (C=O) groups excluding carboxylic acids is 1. The van der Waals surface area contributed by atoms with Crippen molar-refractivity contribution < 1.29 is 35.2 Å². The molecule has 1 aliphatic rings. The highest BCUT2D eigenvalue weighted by Crippen LogP contribution is 2.31. The molecule has 0 unspecified atom stereocenters. The zero-order valence-corrected chi connectivity index (χ0v) is 20.5. The summed E-state index contributed by atoms with van der Waals surface area (Å²) in [6, 6.07) is 11.9. The van der Waals surface area contributed by atoms with Crippen LogP contribution < -0.4 is 0 Å². The van der Waals surface area contributed by atoms with Gasteiger partial charge in [-0.15, -0.1) is 0 Å². The SMILES string of the molecule is O=C(CCc1ccnc(-c2ccc(C(F)(F)F)cc2)c1)[C@@H]1C=CCN1S(=O)(=O)c1cc2cc(F)ccc2o1. The Morgan fingerprint density at radius 3 is 2.55 bits per heavy atom. The lowest BCUT2D eigenvalue weighted by Crippen LogP contribution is -2.40. The van der Waals surface area contributed by atoms with Crippen molar-refractivity contribution in [1.82, 2.24) is 9.29 Å². The first-order chi connectivity index (χ1) is 18.0. The maximum atomic E-state index is 13.5. The van der Waals surface area contributed by atoms with Crippen molar-refractivity contribution >= 4 is 26.8 Å². The molecule has 196 valence electrons. The number of hydrogen-bond acceptors (Lipinski definition) is 5. The molecule has 0 saturated carbocycles. The number of hydrogen-bond donors (Lipinski definition) is 0. The van der Waals surface area contributed by atoms with Gasteiger partial charge in [-0.1, -0.05) is 24.3 Å². The number of fused-ring (bicyclic) bond motifs is 1. The molecule has 1 atom stereocenters. The van der Waals surface area contributed by atoms with Gasteiger partial charge in [0.05, 0.1) is 11.3 Å². The number of nitrogens with zero attached hydrogens (tertiary/aromatic N) is 2. The summed E-state index contributed by atoms with van der Waals surface area (Å²) in [5.41, 5.74) is 1.12. The molecule has 0 N–H and O–H groups in total. The highest BCUT2D eigenvalue weighted by atomic mass is 32.2. The second-order valence-electron chi connectivity index (χ2n) is 8.79. The Labute approximate surface area is 215 Å². The summed E-state index contributed by atoms with van der Waals surface area (Å²) < 4.78 is 85.0. The number of aromatic nitrogens is 1. The Kier molecular flexibility index (Phi) is 6.66. The average molecular weight is 545 g/mol. The van der Waals surface area contributed by atoms with Crippen LogP contribution >= 0.6 is 0 Å². The van der Waals surface area contributed by atoms with Crippen LogP contribution in [0.1, 0.15) is 17.5 Å². The minimum absolute atomic E-state index is 0.0164. The molecule has 0 saturated heterocycles. The van der Waals surface area contributed by atoms with E-state index in [-0.39, 0.29) is 35.8 Å². The lowest BCUT2D eigenvalue weighted by molar-refractivity contribution is -0.137. The predicted octanol–water partition coefficient (Wildman–Crippen LogP) is 5.78. The number of ketones is 1. The van der Waals surface area contributed by atoms with E-state index in [0.29, 0.717) is 16.6 Å². The van der Waals surface area contributed by atoms with Gasteiger partial charge in [-0.05, 0) is 54.4 Å². The normalized spacial score (nSPS) is 16.4. The van der Waals surface area contributed by atoms with Crippen LogP contribution in [0.4, 0.5) is 17.6 Å². The molecule has 0 radical (unpaired) electrons. The maximum Gasteiger partial charge on any atom is 0.416 e. The molecule has 1 aliphatic heterocycles. The molecule has 0 amide bonds. The van der Waals surface area contributed by atoms with E-state index in [0.717, 1.165) is 34.1 Å². The molecule has 0 fully saturated rings. The lowest BCUT2D eigenvalue weighted by Gasteiger charge is -2.21. The van der Waals surface area contributed by atoms with Crippen LogP contribution in [0, 0.1) is 5.82 Å². The third kappa shape index (κ3) is 5.11. The van der Waals surface area contributed by atoms with E-state index in [1.165, 1.54) is 36.5 Å². The highest BCUT2D eigenvalue weighted by Gasteiger charge is 2.38. The summed E-state index contributed by atoms with van der Waals surface area (Å²) in [6.45, 7) is -0.0164. The minimum Gasteiger partial charge on any atom is -0.443 e. The van der Waals surface area contributed by atoms with Gasteiger partial charge in [-0.3, -0.25) is 9.78 Å². The topological polar surface area (TPSA) is 80.5 Å². The third-order valence-electron chi connectivity index (χ3n) is 6.25. The van der Waals surface area contributed by atoms with Gasteiger partial charge < -0.3 is 4.42 Å². The number of Topliss-reactive ketones (excluding diaryl/α,β-unsaturated/α-hetero) is 1. The van der Waals surface area contributed by atoms with E-state index >= 15 is 0 Å². The van der Waals surface area contributed by atoms with E-state index in [2.05, 4.69) is 4.98 Å². The number of carbonyl (C=O) groups is 1. The summed E-state index contributed by atoms with van der Waals surface area (Å²) in [7, 11) is -4.18. The van der Waals surface area contributed by atoms with Crippen LogP contribution in [0.2, 0.25) is 0 Å². The first-order valence-electron chi connectivity index (χ1n) is 11.6. The fourth-order valence-electron chi connectivity index (χ4n) is 4.28. The molecule has 2 aromatic carbocycles. The Balaban J connectivity index is 1.29. The average Bonchev–Trinajstić information content (AvgIpc) is 3.55. The summed E-state index contributed by atoms with van der Waals surface area (Å²) in [6.07, 6.45) is 0.454. The number of sulfonamides is 1. The number of benzene rings is 2. The Morgan fingerprint density at radius 1 is 1.05 bits per heavy atom. The zero-order chi connectivity index (χ0) is 27.1. The lowest BCUT2D eigenvalue weighted by atomic mass is 10.0. The number of alkyl halides is 3. The van der Waals surface area contributed by atoms with Crippen LogP contribution in [0.15, 0.2) is 88.5 Å². The quantitative estimate of drug-likeness (QED) is 0.218. The molecule has 5 rings (SSSR count). The molecular formula is C27H20F4N2O4S. The van der Waals surface area contributed by atoms with Gasteiger partial charge in [0.2, 0.25) is 5.09 Å². The smallest absolute Gasteiger partial charge is 0.416 e. The van der Waals surface area contributed by atoms with Crippen LogP contribution in [0.5, 0.6) is 0 Å². The summed E-state index contributed by atoms with van der Waals surface area (Å²) in [5, 5.41) is -0.0879. The molecule has 0 aliphatic carbocycles. The number of rotatable bonds is 7.